The van der Waals surface area contributed by atoms with Crippen LogP contribution in [0.2, 0.25) is 0 Å². The van der Waals surface area contributed by atoms with Crippen LogP contribution in [0.5, 0.6) is 0 Å². The molecule has 0 fully saturated rings. The molecule has 0 amide bonds. The number of benzene rings is 1. The van der Waals surface area contributed by atoms with E-state index in [2.05, 4.69) is 9.46 Å². The van der Waals surface area contributed by atoms with Crippen LogP contribution in [0.4, 0.5) is 0 Å². The summed E-state index contributed by atoms with van der Waals surface area (Å²) >= 11 is 1.34. The highest BCUT2D eigenvalue weighted by molar-refractivity contribution is 8.00. The van der Waals surface area contributed by atoms with E-state index in [1.54, 1.807) is 31.2 Å². The number of ether oxygens (including phenoxy) is 1. The summed E-state index contributed by atoms with van der Waals surface area (Å²) in [6.07, 6.45) is 0.730. The highest BCUT2D eigenvalue weighted by atomic mass is 32.2. The zero-order chi connectivity index (χ0) is 15.9. The number of carbonyl (C=O) groups is 1. The van der Waals surface area contributed by atoms with Gasteiger partial charge in [-0.05, 0) is 18.6 Å². The smallest absolute Gasteiger partial charge is 0.309 e. The van der Waals surface area contributed by atoms with Gasteiger partial charge >= 0.3 is 5.97 Å². The fourth-order valence-corrected chi connectivity index (χ4v) is 4.27. The van der Waals surface area contributed by atoms with Crippen LogP contribution >= 0.6 is 11.8 Å². The van der Waals surface area contributed by atoms with Crippen molar-refractivity contribution in [2.24, 2.45) is 5.92 Å². The van der Waals surface area contributed by atoms with Crippen LogP contribution < -0.4 is 4.72 Å². The Labute approximate surface area is 130 Å². The molecule has 0 saturated carbocycles. The normalized spacial score (nSPS) is 12.9. The molecule has 1 aromatic rings. The molecular weight excluding hydrogens is 310 g/mol. The SMILES string of the molecule is CCCNS(=O)(=O)c1ccccc1SCC(C)C(=O)OC. The molecule has 1 unspecified atom stereocenters. The van der Waals surface area contributed by atoms with Gasteiger partial charge in [-0.15, -0.1) is 11.8 Å². The number of hydrogen-bond donors (Lipinski definition) is 1. The summed E-state index contributed by atoms with van der Waals surface area (Å²) in [6, 6.07) is 6.79. The van der Waals surface area contributed by atoms with Crippen LogP contribution in [-0.4, -0.2) is 33.8 Å². The van der Waals surface area contributed by atoms with Crippen LogP contribution in [0.3, 0.4) is 0 Å². The molecular formula is C14H21NO4S2. The van der Waals surface area contributed by atoms with E-state index >= 15 is 0 Å². The maximum Gasteiger partial charge on any atom is 0.309 e. The highest BCUT2D eigenvalue weighted by Gasteiger charge is 2.19. The van der Waals surface area contributed by atoms with E-state index in [0.717, 1.165) is 6.42 Å². The van der Waals surface area contributed by atoms with Crippen LogP contribution in [0.15, 0.2) is 34.1 Å². The topological polar surface area (TPSA) is 72.5 Å². The Balaban J connectivity index is 2.87. The first-order valence-corrected chi connectivity index (χ1v) is 9.18. The average molecular weight is 331 g/mol. The van der Waals surface area contributed by atoms with Gasteiger partial charge in [-0.1, -0.05) is 26.0 Å². The molecule has 0 aromatic heterocycles. The van der Waals surface area contributed by atoms with Crippen molar-refractivity contribution in [2.75, 3.05) is 19.4 Å². The Morgan fingerprint density at radius 1 is 1.38 bits per heavy atom. The van der Waals surface area contributed by atoms with Gasteiger partial charge in [0, 0.05) is 17.2 Å². The van der Waals surface area contributed by atoms with Crippen molar-refractivity contribution in [2.45, 2.75) is 30.1 Å². The largest absolute Gasteiger partial charge is 0.469 e. The first-order valence-electron chi connectivity index (χ1n) is 6.71. The Bertz CT molecular complexity index is 572. The summed E-state index contributed by atoms with van der Waals surface area (Å²) < 4.78 is 31.7. The number of hydrogen-bond acceptors (Lipinski definition) is 5. The molecule has 0 saturated heterocycles. The van der Waals surface area contributed by atoms with Crippen LogP contribution in [0.25, 0.3) is 0 Å². The van der Waals surface area contributed by atoms with Crippen molar-refractivity contribution in [3.8, 4) is 0 Å². The first kappa shape index (κ1) is 18.0. The number of carbonyl (C=O) groups excluding carboxylic acids is 1. The molecule has 0 aliphatic rings. The number of nitrogens with one attached hydrogen (secondary N) is 1. The van der Waals surface area contributed by atoms with Gasteiger partial charge in [-0.2, -0.15) is 0 Å². The molecule has 0 heterocycles. The molecule has 1 aromatic carbocycles. The number of rotatable bonds is 8. The maximum atomic E-state index is 12.2. The number of methoxy groups -OCH3 is 1. The van der Waals surface area contributed by atoms with E-state index in [-0.39, 0.29) is 16.8 Å². The quantitative estimate of drug-likeness (QED) is 0.584. The maximum absolute atomic E-state index is 12.2. The third-order valence-electron chi connectivity index (χ3n) is 2.77. The van der Waals surface area contributed by atoms with Crippen molar-refractivity contribution in [3.05, 3.63) is 24.3 Å². The molecule has 0 bridgehead atoms. The lowest BCUT2D eigenvalue weighted by Crippen LogP contribution is -2.25. The predicted octanol–water partition coefficient (Wildman–Crippen LogP) is 2.28. The molecule has 1 rings (SSSR count). The second kappa shape index (κ2) is 8.41. The molecule has 1 atom stereocenters. The number of esters is 1. The lowest BCUT2D eigenvalue weighted by atomic mass is 10.2. The minimum atomic E-state index is -3.51. The molecule has 0 aliphatic heterocycles. The second-order valence-electron chi connectivity index (χ2n) is 4.58. The van der Waals surface area contributed by atoms with Gasteiger partial charge in [0.15, 0.2) is 0 Å². The molecule has 0 aliphatic carbocycles. The van der Waals surface area contributed by atoms with Crippen molar-refractivity contribution in [3.63, 3.8) is 0 Å². The standard InChI is InChI=1S/C14H21NO4S2/c1-4-9-15-21(17,18)13-8-6-5-7-12(13)20-10-11(2)14(16)19-3/h5-8,11,15H,4,9-10H2,1-3H3. The first-order chi connectivity index (χ1) is 9.92. The van der Waals surface area contributed by atoms with Gasteiger partial charge in [0.2, 0.25) is 10.0 Å². The number of thioether (sulfide) groups is 1. The zero-order valence-electron chi connectivity index (χ0n) is 12.5. The third kappa shape index (κ3) is 5.33. The van der Waals surface area contributed by atoms with Gasteiger partial charge in [-0.3, -0.25) is 4.79 Å². The summed E-state index contributed by atoms with van der Waals surface area (Å²) in [7, 11) is -2.17. The van der Waals surface area contributed by atoms with Gasteiger partial charge < -0.3 is 4.74 Å². The monoisotopic (exact) mass is 331 g/mol. The summed E-state index contributed by atoms with van der Waals surface area (Å²) in [5.74, 6) is -0.126. The second-order valence-corrected chi connectivity index (χ2v) is 7.38. The average Bonchev–Trinajstić information content (AvgIpc) is 2.50. The van der Waals surface area contributed by atoms with E-state index < -0.39 is 10.0 Å². The lowest BCUT2D eigenvalue weighted by molar-refractivity contribution is -0.143. The minimum Gasteiger partial charge on any atom is -0.469 e. The summed E-state index contributed by atoms with van der Waals surface area (Å²) in [5, 5.41) is 0. The third-order valence-corrected chi connectivity index (χ3v) is 5.76. The van der Waals surface area contributed by atoms with Crippen LogP contribution in [0, 0.1) is 5.92 Å². The van der Waals surface area contributed by atoms with E-state index in [1.807, 2.05) is 6.92 Å². The van der Waals surface area contributed by atoms with Crippen LogP contribution in [0.1, 0.15) is 20.3 Å². The molecule has 7 heteroatoms. The van der Waals surface area contributed by atoms with Crippen LogP contribution in [-0.2, 0) is 19.6 Å². The lowest BCUT2D eigenvalue weighted by Gasteiger charge is -2.12. The van der Waals surface area contributed by atoms with Crippen molar-refractivity contribution in [1.82, 2.24) is 4.72 Å². The number of sulfonamides is 1. The zero-order valence-corrected chi connectivity index (χ0v) is 14.1. The predicted molar refractivity (Wildman–Crippen MR) is 83.8 cm³/mol. The Kier molecular flexibility index (Phi) is 7.21. The van der Waals surface area contributed by atoms with Gasteiger partial charge in [-0.25, -0.2) is 13.1 Å². The van der Waals surface area contributed by atoms with E-state index in [4.69, 9.17) is 0 Å². The Morgan fingerprint density at radius 3 is 2.67 bits per heavy atom. The minimum absolute atomic E-state index is 0.250. The molecule has 0 radical (unpaired) electrons. The molecule has 21 heavy (non-hydrogen) atoms. The molecule has 1 N–H and O–H groups in total. The van der Waals surface area contributed by atoms with Crippen molar-refractivity contribution < 1.29 is 17.9 Å². The fraction of sp³-hybridized carbons (Fsp3) is 0.500. The molecule has 0 spiro atoms. The molecule has 5 nitrogen and oxygen atoms in total. The van der Waals surface area contributed by atoms with E-state index in [1.165, 1.54) is 18.9 Å². The highest BCUT2D eigenvalue weighted by Crippen LogP contribution is 2.28. The Hall–Kier alpha value is -1.05. The van der Waals surface area contributed by atoms with Gasteiger partial charge in [0.25, 0.3) is 0 Å². The van der Waals surface area contributed by atoms with E-state index in [9.17, 15) is 13.2 Å². The molecule has 118 valence electrons. The van der Waals surface area contributed by atoms with Gasteiger partial charge in [0.1, 0.15) is 0 Å². The van der Waals surface area contributed by atoms with Gasteiger partial charge in [0.05, 0.1) is 17.9 Å². The van der Waals surface area contributed by atoms with E-state index in [0.29, 0.717) is 17.2 Å². The van der Waals surface area contributed by atoms with Crippen molar-refractivity contribution >= 4 is 27.8 Å². The van der Waals surface area contributed by atoms with Crippen molar-refractivity contribution in [1.29, 1.82) is 0 Å². The summed E-state index contributed by atoms with van der Waals surface area (Å²) in [5.41, 5.74) is 0. The fourth-order valence-electron chi connectivity index (χ4n) is 1.59. The summed E-state index contributed by atoms with van der Waals surface area (Å²) in [6.45, 7) is 4.06. The summed E-state index contributed by atoms with van der Waals surface area (Å²) in [4.78, 5) is 12.3. The Morgan fingerprint density at radius 2 is 2.05 bits per heavy atom.